The van der Waals surface area contributed by atoms with Gasteiger partial charge >= 0.3 is 0 Å². The van der Waals surface area contributed by atoms with Crippen molar-refractivity contribution in [1.29, 1.82) is 0 Å². The van der Waals surface area contributed by atoms with Gasteiger partial charge < -0.3 is 4.42 Å². The van der Waals surface area contributed by atoms with Crippen LogP contribution in [0.25, 0.3) is 21.2 Å². The van der Waals surface area contributed by atoms with Crippen LogP contribution in [0, 0.1) is 13.8 Å². The highest BCUT2D eigenvalue weighted by Crippen LogP contribution is 2.28. The van der Waals surface area contributed by atoms with Crippen LogP contribution in [0.3, 0.4) is 0 Å². The first-order valence-corrected chi connectivity index (χ1v) is 11.3. The molecule has 9 heteroatoms. The molecular weight excluding hydrogens is 412 g/mol. The normalized spacial score (nSPS) is 11.8. The van der Waals surface area contributed by atoms with Crippen LogP contribution in [-0.2, 0) is 9.84 Å². The zero-order valence-electron chi connectivity index (χ0n) is 15.8. The maximum atomic E-state index is 12.6. The number of aryl methyl sites for hydroxylation is 2. The maximum Gasteiger partial charge on any atom is 0.293 e. The Bertz CT molecular complexity index is 1470. The number of anilines is 1. The second kappa shape index (κ2) is 6.78. The van der Waals surface area contributed by atoms with Crippen molar-refractivity contribution in [3.8, 4) is 0 Å². The van der Waals surface area contributed by atoms with Crippen LogP contribution in [0.1, 0.15) is 21.7 Å². The number of amides is 1. The Kier molecular flexibility index (Phi) is 4.51. The lowest BCUT2D eigenvalue weighted by Gasteiger charge is -2.05. The molecule has 0 bridgehead atoms. The van der Waals surface area contributed by atoms with E-state index in [0.29, 0.717) is 21.2 Å². The third kappa shape index (κ3) is 3.66. The van der Waals surface area contributed by atoms with Gasteiger partial charge in [0.2, 0.25) is 0 Å². The van der Waals surface area contributed by atoms with Gasteiger partial charge in [0.25, 0.3) is 5.91 Å². The molecule has 0 spiro atoms. The first-order chi connectivity index (χ1) is 13.6. The molecule has 4 rings (SSSR count). The number of thiazole rings is 1. The molecule has 0 atom stereocenters. The molecule has 0 fully saturated rings. The molecule has 1 amide bonds. The third-order valence-corrected chi connectivity index (χ3v) is 6.62. The molecule has 0 aliphatic heterocycles. The molecule has 4 aromatic rings. The van der Waals surface area contributed by atoms with E-state index < -0.39 is 15.7 Å². The fourth-order valence-electron chi connectivity index (χ4n) is 2.87. The van der Waals surface area contributed by atoms with Crippen LogP contribution in [0.2, 0.25) is 0 Å². The average molecular weight is 428 g/mol. The van der Waals surface area contributed by atoms with Crippen molar-refractivity contribution in [3.63, 3.8) is 0 Å². The Morgan fingerprint density at radius 3 is 2.55 bits per heavy atom. The van der Waals surface area contributed by atoms with Crippen molar-refractivity contribution >= 4 is 53.4 Å². The highest BCUT2D eigenvalue weighted by atomic mass is 32.2. The van der Waals surface area contributed by atoms with Crippen molar-refractivity contribution in [2.75, 3.05) is 11.6 Å². The zero-order valence-corrected chi connectivity index (χ0v) is 17.4. The molecule has 0 saturated carbocycles. The Hall–Kier alpha value is -3.04. The lowest BCUT2D eigenvalue weighted by molar-refractivity contribution is 0.0997. The molecule has 1 N–H and O–H groups in total. The van der Waals surface area contributed by atoms with Crippen LogP contribution in [0.15, 0.2) is 50.5 Å². The van der Waals surface area contributed by atoms with Gasteiger partial charge in [-0.15, -0.1) is 0 Å². The third-order valence-electron chi connectivity index (χ3n) is 4.58. The number of hydrogen-bond acceptors (Lipinski definition) is 7. The van der Waals surface area contributed by atoms with Gasteiger partial charge in [0.1, 0.15) is 5.58 Å². The predicted molar refractivity (Wildman–Crippen MR) is 113 cm³/mol. The van der Waals surface area contributed by atoms with Crippen LogP contribution in [-0.4, -0.2) is 25.6 Å². The maximum absolute atomic E-state index is 12.6. The van der Waals surface area contributed by atoms with E-state index in [0.717, 1.165) is 34.8 Å². The van der Waals surface area contributed by atoms with E-state index in [1.807, 2.05) is 13.8 Å². The fourth-order valence-corrected chi connectivity index (χ4v) is 4.49. The van der Waals surface area contributed by atoms with Gasteiger partial charge in [-0.1, -0.05) is 11.3 Å². The summed E-state index contributed by atoms with van der Waals surface area (Å²) in [5.41, 5.74) is 2.51. The number of sulfone groups is 1. The van der Waals surface area contributed by atoms with Gasteiger partial charge in [0.15, 0.2) is 26.2 Å². The summed E-state index contributed by atoms with van der Waals surface area (Å²) in [6.07, 6.45) is 1.13. The standard InChI is InChI=1S/C20H16N2O5S2/c1-10-6-13-15(23)9-17(27-16(13)7-11(10)2)19(24)22-20-21-14-5-4-12(29(3,25)26)8-18(14)28-20/h4-9H,1-3H3,(H,21,22,24). The number of hydrogen-bond donors (Lipinski definition) is 1. The van der Waals surface area contributed by atoms with Gasteiger partial charge in [0, 0.05) is 12.3 Å². The summed E-state index contributed by atoms with van der Waals surface area (Å²) in [4.78, 5) is 29.4. The molecule has 148 valence electrons. The van der Waals surface area contributed by atoms with E-state index in [1.165, 1.54) is 12.1 Å². The number of aromatic nitrogens is 1. The van der Waals surface area contributed by atoms with E-state index in [1.54, 1.807) is 18.2 Å². The first kappa shape index (κ1) is 19.3. The summed E-state index contributed by atoms with van der Waals surface area (Å²) in [6, 6.07) is 9.19. The SMILES string of the molecule is Cc1cc2oc(C(=O)Nc3nc4ccc(S(C)(=O)=O)cc4s3)cc(=O)c2cc1C. The van der Waals surface area contributed by atoms with Gasteiger partial charge in [-0.2, -0.15) is 0 Å². The van der Waals surface area contributed by atoms with Crippen molar-refractivity contribution in [2.45, 2.75) is 18.7 Å². The van der Waals surface area contributed by atoms with Crippen LogP contribution >= 0.6 is 11.3 Å². The minimum Gasteiger partial charge on any atom is -0.451 e. The van der Waals surface area contributed by atoms with E-state index >= 15 is 0 Å². The van der Waals surface area contributed by atoms with Gasteiger partial charge in [-0.25, -0.2) is 13.4 Å². The lowest BCUT2D eigenvalue weighted by atomic mass is 10.1. The van der Waals surface area contributed by atoms with E-state index in [2.05, 4.69) is 10.3 Å². The molecule has 0 aliphatic carbocycles. The Morgan fingerprint density at radius 2 is 1.83 bits per heavy atom. The number of carbonyl (C=O) groups is 1. The number of fused-ring (bicyclic) bond motifs is 2. The molecule has 2 heterocycles. The second-order valence-corrected chi connectivity index (χ2v) is 9.83. The number of carbonyl (C=O) groups excluding carboxylic acids is 1. The van der Waals surface area contributed by atoms with E-state index in [9.17, 15) is 18.0 Å². The van der Waals surface area contributed by atoms with E-state index in [4.69, 9.17) is 4.42 Å². The number of nitrogens with zero attached hydrogens (tertiary/aromatic N) is 1. The summed E-state index contributed by atoms with van der Waals surface area (Å²) in [7, 11) is -3.34. The average Bonchev–Trinajstić information content (AvgIpc) is 3.03. The molecule has 2 aromatic carbocycles. The summed E-state index contributed by atoms with van der Waals surface area (Å²) < 4.78 is 29.7. The molecule has 7 nitrogen and oxygen atoms in total. The highest BCUT2D eigenvalue weighted by Gasteiger charge is 2.16. The largest absolute Gasteiger partial charge is 0.451 e. The van der Waals surface area contributed by atoms with Crippen molar-refractivity contribution in [1.82, 2.24) is 4.98 Å². The van der Waals surface area contributed by atoms with Gasteiger partial charge in [0.05, 0.1) is 20.5 Å². The molecule has 29 heavy (non-hydrogen) atoms. The van der Waals surface area contributed by atoms with Crippen molar-refractivity contribution < 1.29 is 17.6 Å². The number of rotatable bonds is 3. The van der Waals surface area contributed by atoms with Crippen molar-refractivity contribution in [3.05, 3.63) is 63.5 Å². The number of benzene rings is 2. The Balaban J connectivity index is 1.69. The summed E-state index contributed by atoms with van der Waals surface area (Å²) in [5, 5.41) is 3.30. The zero-order chi connectivity index (χ0) is 20.9. The Labute approximate surface area is 169 Å². The van der Waals surface area contributed by atoms with Crippen molar-refractivity contribution in [2.24, 2.45) is 0 Å². The quantitative estimate of drug-likeness (QED) is 0.534. The van der Waals surface area contributed by atoms with Crippen LogP contribution in [0.5, 0.6) is 0 Å². The van der Waals surface area contributed by atoms with Gasteiger partial charge in [-0.3, -0.25) is 14.9 Å². The van der Waals surface area contributed by atoms with Crippen LogP contribution < -0.4 is 10.7 Å². The number of nitrogens with one attached hydrogen (secondary N) is 1. The van der Waals surface area contributed by atoms with Crippen LogP contribution in [0.4, 0.5) is 5.13 Å². The fraction of sp³-hybridized carbons (Fsp3) is 0.150. The predicted octanol–water partition coefficient (Wildman–Crippen LogP) is 3.68. The van der Waals surface area contributed by atoms with E-state index in [-0.39, 0.29) is 21.2 Å². The Morgan fingerprint density at radius 1 is 1.10 bits per heavy atom. The minimum atomic E-state index is -3.34. The molecule has 0 unspecified atom stereocenters. The topological polar surface area (TPSA) is 106 Å². The highest BCUT2D eigenvalue weighted by molar-refractivity contribution is 7.90. The monoisotopic (exact) mass is 428 g/mol. The lowest BCUT2D eigenvalue weighted by Crippen LogP contribution is -2.15. The first-order valence-electron chi connectivity index (χ1n) is 8.59. The summed E-state index contributed by atoms with van der Waals surface area (Å²) in [6.45, 7) is 3.80. The minimum absolute atomic E-state index is 0.123. The van der Waals surface area contributed by atoms with Gasteiger partial charge in [-0.05, 0) is 55.3 Å². The summed E-state index contributed by atoms with van der Waals surface area (Å²) in [5.74, 6) is -0.730. The molecule has 0 saturated heterocycles. The molecule has 0 radical (unpaired) electrons. The molecule has 0 aliphatic rings. The molecule has 2 aromatic heterocycles. The molecular formula is C20H16N2O5S2. The summed E-state index contributed by atoms with van der Waals surface area (Å²) >= 11 is 1.14. The second-order valence-electron chi connectivity index (χ2n) is 6.78. The smallest absolute Gasteiger partial charge is 0.293 e.